The number of para-hydroxylation sites is 1. The van der Waals surface area contributed by atoms with Gasteiger partial charge in [-0.3, -0.25) is 14.3 Å². The van der Waals surface area contributed by atoms with Gasteiger partial charge in [-0.25, -0.2) is 9.78 Å². The van der Waals surface area contributed by atoms with Crippen LogP contribution in [0.4, 0.5) is 16.2 Å². The molecule has 2 amide bonds. The number of benzene rings is 2. The maximum absolute atomic E-state index is 14.4. The molecule has 0 radical (unpaired) electrons. The number of carbonyl (C=O) groups excluding carboxylic acids is 1. The highest BCUT2D eigenvalue weighted by Crippen LogP contribution is 2.36. The number of pyridine rings is 3. The van der Waals surface area contributed by atoms with E-state index in [9.17, 15) is 9.59 Å². The number of carbonyl (C=O) groups is 1. The molecular weight excluding hydrogens is 598 g/mol. The van der Waals surface area contributed by atoms with E-state index in [2.05, 4.69) is 54.9 Å². The molecule has 248 valence electrons. The fourth-order valence-corrected chi connectivity index (χ4v) is 5.98. The molecule has 5 aromatic rings. The highest BCUT2D eigenvalue weighted by Gasteiger charge is 2.23. The molecule has 0 saturated heterocycles. The van der Waals surface area contributed by atoms with Gasteiger partial charge in [0.25, 0.3) is 5.56 Å². The van der Waals surface area contributed by atoms with Crippen molar-refractivity contribution >= 4 is 28.4 Å². The number of urea groups is 1. The number of anilines is 2. The largest absolute Gasteiger partial charge is 0.494 e. The van der Waals surface area contributed by atoms with Crippen molar-refractivity contribution in [2.75, 3.05) is 17.2 Å². The van der Waals surface area contributed by atoms with Crippen LogP contribution in [-0.2, 0) is 13.0 Å². The average molecular weight is 644 g/mol. The Hall–Kier alpha value is -5.24. The average Bonchev–Trinajstić information content (AvgIpc) is 3.08. The van der Waals surface area contributed by atoms with Crippen LogP contribution >= 0.6 is 0 Å². The minimum absolute atomic E-state index is 0.187. The van der Waals surface area contributed by atoms with Crippen molar-refractivity contribution in [1.82, 2.24) is 14.5 Å². The summed E-state index contributed by atoms with van der Waals surface area (Å²) >= 11 is 0. The summed E-state index contributed by atoms with van der Waals surface area (Å²) in [4.78, 5) is 37.3. The number of hydrogen-bond acceptors (Lipinski definition) is 5. The molecule has 0 aliphatic rings. The number of aromatic nitrogens is 3. The molecule has 2 aromatic carbocycles. The summed E-state index contributed by atoms with van der Waals surface area (Å²) in [6.45, 7) is 13.2. The minimum Gasteiger partial charge on any atom is -0.494 e. The summed E-state index contributed by atoms with van der Waals surface area (Å²) in [5.74, 6) is 1.05. The number of nitrogens with zero attached hydrogens (tertiary/aromatic N) is 3. The molecule has 0 aliphatic carbocycles. The summed E-state index contributed by atoms with van der Waals surface area (Å²) in [6.07, 6.45) is 8.39. The monoisotopic (exact) mass is 643 g/mol. The summed E-state index contributed by atoms with van der Waals surface area (Å²) in [5.41, 5.74) is 5.63. The van der Waals surface area contributed by atoms with E-state index >= 15 is 0 Å². The lowest BCUT2D eigenvalue weighted by Crippen LogP contribution is -2.30. The van der Waals surface area contributed by atoms with Crippen LogP contribution in [0, 0.1) is 0 Å². The van der Waals surface area contributed by atoms with E-state index in [1.54, 1.807) is 17.0 Å². The zero-order chi connectivity index (χ0) is 34.0. The Kier molecular flexibility index (Phi) is 11.4. The predicted octanol–water partition coefficient (Wildman–Crippen LogP) is 9.33. The number of fused-ring (bicyclic) bond motifs is 1. The summed E-state index contributed by atoms with van der Waals surface area (Å²) in [6, 6.07) is 22.9. The molecule has 48 heavy (non-hydrogen) atoms. The number of aryl methyl sites for hydroxylation is 2. The fraction of sp³-hybridized carbons (Fsp3) is 0.300. The third-order valence-electron chi connectivity index (χ3n) is 8.36. The molecule has 0 saturated carbocycles. The Morgan fingerprint density at radius 2 is 1.60 bits per heavy atom. The van der Waals surface area contributed by atoms with Crippen LogP contribution in [-0.4, -0.2) is 27.2 Å². The minimum atomic E-state index is -0.480. The molecule has 0 unspecified atom stereocenters. The van der Waals surface area contributed by atoms with Gasteiger partial charge in [0.2, 0.25) is 0 Å². The van der Waals surface area contributed by atoms with Gasteiger partial charge in [0, 0.05) is 41.3 Å². The standard InChI is InChI=1S/C40H45N5O3/c1-6-7-10-24-45-38-34(21-13-23-42-38)35(29-15-11-18-31(26-29)48-25-14-17-30-16-8-9-22-41-30)37(39(45)46)44-40(47)43-36-32(27(2)3)19-12-20-33(36)28(4)5/h6,8-9,11-13,15-16,18-23,26-28H,1,7,10,14,17,24-25H2,2-5H3,(H2,43,44,47). The highest BCUT2D eigenvalue weighted by molar-refractivity contribution is 6.07. The van der Waals surface area contributed by atoms with Crippen LogP contribution in [0.15, 0.2) is 103 Å². The number of rotatable bonds is 14. The predicted molar refractivity (Wildman–Crippen MR) is 196 cm³/mol. The molecule has 8 heteroatoms. The zero-order valence-electron chi connectivity index (χ0n) is 28.3. The van der Waals surface area contributed by atoms with E-state index in [0.29, 0.717) is 36.5 Å². The smallest absolute Gasteiger partial charge is 0.323 e. The van der Waals surface area contributed by atoms with E-state index in [-0.39, 0.29) is 23.1 Å². The Bertz CT molecular complexity index is 1910. The zero-order valence-corrected chi connectivity index (χ0v) is 28.3. The Labute approximate surface area is 282 Å². The van der Waals surface area contributed by atoms with Crippen LogP contribution in [0.5, 0.6) is 5.75 Å². The Morgan fingerprint density at radius 1 is 0.875 bits per heavy atom. The number of hydrogen-bond donors (Lipinski definition) is 2. The number of amides is 2. The van der Waals surface area contributed by atoms with E-state index < -0.39 is 6.03 Å². The van der Waals surface area contributed by atoms with Crippen LogP contribution in [0.3, 0.4) is 0 Å². The molecule has 0 aliphatic heterocycles. The number of ether oxygens (including phenoxy) is 1. The van der Waals surface area contributed by atoms with E-state index in [1.807, 2.05) is 78.9 Å². The molecule has 0 spiro atoms. The molecule has 3 aromatic heterocycles. The molecule has 8 nitrogen and oxygen atoms in total. The van der Waals surface area contributed by atoms with Gasteiger partial charge >= 0.3 is 6.03 Å². The second-order valence-electron chi connectivity index (χ2n) is 12.5. The summed E-state index contributed by atoms with van der Waals surface area (Å²) in [5, 5.41) is 6.86. The third-order valence-corrected chi connectivity index (χ3v) is 8.36. The van der Waals surface area contributed by atoms with Crippen molar-refractivity contribution in [3.8, 4) is 16.9 Å². The molecule has 3 heterocycles. The van der Waals surface area contributed by atoms with Crippen molar-refractivity contribution in [2.24, 2.45) is 0 Å². The van der Waals surface area contributed by atoms with Gasteiger partial charge in [-0.05, 0) is 90.6 Å². The maximum atomic E-state index is 14.4. The Balaban J connectivity index is 1.54. The molecule has 0 fully saturated rings. The fourth-order valence-electron chi connectivity index (χ4n) is 5.98. The van der Waals surface area contributed by atoms with Crippen LogP contribution in [0.2, 0.25) is 0 Å². The molecule has 0 bridgehead atoms. The first-order chi connectivity index (χ1) is 23.3. The van der Waals surface area contributed by atoms with E-state index in [0.717, 1.165) is 52.7 Å². The van der Waals surface area contributed by atoms with Crippen molar-refractivity contribution in [1.29, 1.82) is 0 Å². The third kappa shape index (κ3) is 8.00. The summed E-state index contributed by atoms with van der Waals surface area (Å²) < 4.78 is 7.81. The number of nitrogens with one attached hydrogen (secondary N) is 2. The topological polar surface area (TPSA) is 98.1 Å². The number of unbranched alkanes of at least 4 members (excludes halogenated alkanes) is 1. The van der Waals surface area contributed by atoms with Crippen LogP contribution in [0.1, 0.15) is 75.6 Å². The van der Waals surface area contributed by atoms with E-state index in [1.165, 1.54) is 0 Å². The molecule has 5 rings (SSSR count). The molecular formula is C40H45N5O3. The van der Waals surface area contributed by atoms with E-state index in [4.69, 9.17) is 4.74 Å². The van der Waals surface area contributed by atoms with Gasteiger partial charge in [-0.15, -0.1) is 6.58 Å². The second-order valence-corrected chi connectivity index (χ2v) is 12.5. The first-order valence-corrected chi connectivity index (χ1v) is 16.7. The van der Waals surface area contributed by atoms with Gasteiger partial charge in [-0.1, -0.05) is 70.2 Å². The first kappa shape index (κ1) is 34.1. The van der Waals surface area contributed by atoms with Crippen molar-refractivity contribution < 1.29 is 9.53 Å². The highest BCUT2D eigenvalue weighted by atomic mass is 16.5. The van der Waals surface area contributed by atoms with Gasteiger partial charge < -0.3 is 15.4 Å². The first-order valence-electron chi connectivity index (χ1n) is 16.7. The molecule has 2 N–H and O–H groups in total. The normalized spacial score (nSPS) is 11.2. The van der Waals surface area contributed by atoms with Crippen molar-refractivity contribution in [3.05, 3.63) is 125 Å². The van der Waals surface area contributed by atoms with Gasteiger partial charge in [0.05, 0.1) is 6.61 Å². The Morgan fingerprint density at radius 3 is 2.31 bits per heavy atom. The molecule has 0 atom stereocenters. The van der Waals surface area contributed by atoms with Gasteiger partial charge in [0.15, 0.2) is 0 Å². The lowest BCUT2D eigenvalue weighted by atomic mass is 9.93. The number of allylic oxidation sites excluding steroid dienone is 1. The quantitative estimate of drug-likeness (QED) is 0.0928. The maximum Gasteiger partial charge on any atom is 0.323 e. The van der Waals surface area contributed by atoms with Crippen LogP contribution in [0.25, 0.3) is 22.2 Å². The van der Waals surface area contributed by atoms with Crippen LogP contribution < -0.4 is 20.9 Å². The second kappa shape index (κ2) is 16.0. The lowest BCUT2D eigenvalue weighted by molar-refractivity contribution is 0.262. The van der Waals surface area contributed by atoms with Crippen molar-refractivity contribution in [2.45, 2.75) is 71.8 Å². The SMILES string of the molecule is C=CCCCn1c(=O)c(NC(=O)Nc2c(C(C)C)cccc2C(C)C)c(-c2cccc(OCCCc3ccccn3)c2)c2cccnc21. The van der Waals surface area contributed by atoms with Crippen molar-refractivity contribution in [3.63, 3.8) is 0 Å². The van der Waals surface area contributed by atoms with Gasteiger partial charge in [0.1, 0.15) is 17.1 Å². The lowest BCUT2D eigenvalue weighted by Gasteiger charge is -2.22. The summed E-state index contributed by atoms with van der Waals surface area (Å²) in [7, 11) is 0. The van der Waals surface area contributed by atoms with Gasteiger partial charge in [-0.2, -0.15) is 0 Å².